The molecule has 63 heavy (non-hydrogen) atoms. The zero-order valence-electron chi connectivity index (χ0n) is 35.2. The van der Waals surface area contributed by atoms with Gasteiger partial charge >= 0.3 is 0 Å². The van der Waals surface area contributed by atoms with Crippen LogP contribution >= 0.6 is 0 Å². The van der Waals surface area contributed by atoms with Crippen molar-refractivity contribution in [2.45, 2.75) is 19.3 Å². The minimum absolute atomic E-state index is 0.0997. The molecular formula is C61H43NO. The van der Waals surface area contributed by atoms with Crippen molar-refractivity contribution in [2.75, 3.05) is 4.90 Å². The number of nitrogens with zero attached hydrogens (tertiary/aromatic N) is 1. The second kappa shape index (κ2) is 15.1. The van der Waals surface area contributed by atoms with E-state index < -0.39 is 5.41 Å². The molecule has 0 atom stereocenters. The summed E-state index contributed by atoms with van der Waals surface area (Å²) in [7, 11) is 0. The molecule has 2 heteroatoms. The second-order valence-corrected chi connectivity index (χ2v) is 16.5. The lowest BCUT2D eigenvalue weighted by atomic mass is 9.66. The minimum atomic E-state index is -0.788. The Labute approximate surface area is 368 Å². The molecule has 9 aromatic rings. The number of para-hydroxylation sites is 1. The summed E-state index contributed by atoms with van der Waals surface area (Å²) in [6.45, 7) is 4.08. The first kappa shape index (κ1) is 37.8. The Balaban J connectivity index is 1.28. The summed E-state index contributed by atoms with van der Waals surface area (Å²) in [6, 6.07) is 62.5. The average molecular weight is 806 g/mol. The summed E-state index contributed by atoms with van der Waals surface area (Å²) in [4.78, 5) is 2.04. The maximum Gasteiger partial charge on any atom is 0.114 e. The third kappa shape index (κ3) is 5.89. The van der Waals surface area contributed by atoms with Gasteiger partial charge in [0.1, 0.15) is 5.76 Å². The van der Waals surface area contributed by atoms with Crippen LogP contribution in [0.25, 0.3) is 76.5 Å². The van der Waals surface area contributed by atoms with E-state index in [9.17, 15) is 5.11 Å². The van der Waals surface area contributed by atoms with Crippen LogP contribution in [0.15, 0.2) is 230 Å². The van der Waals surface area contributed by atoms with E-state index in [1.54, 1.807) is 19.1 Å². The van der Waals surface area contributed by atoms with Crippen LogP contribution in [0.2, 0.25) is 0 Å². The minimum Gasteiger partial charge on any atom is -0.508 e. The molecule has 2 aliphatic rings. The van der Waals surface area contributed by atoms with Crippen molar-refractivity contribution in [3.8, 4) is 45.7 Å². The highest BCUT2D eigenvalue weighted by Crippen LogP contribution is 2.60. The van der Waals surface area contributed by atoms with Crippen LogP contribution in [0.1, 0.15) is 30.5 Å². The van der Waals surface area contributed by atoms with E-state index in [-0.39, 0.29) is 5.76 Å². The summed E-state index contributed by atoms with van der Waals surface area (Å²) in [5.41, 5.74) is 12.5. The van der Waals surface area contributed by atoms with Crippen LogP contribution in [0.3, 0.4) is 0 Å². The molecule has 0 aromatic heterocycles. The number of hydrogen-bond acceptors (Lipinski definition) is 2. The van der Waals surface area contributed by atoms with Gasteiger partial charge in [0.25, 0.3) is 0 Å². The molecule has 0 radical (unpaired) electrons. The Hall–Kier alpha value is -8.12. The van der Waals surface area contributed by atoms with Crippen molar-refractivity contribution in [1.29, 1.82) is 0 Å². The van der Waals surface area contributed by atoms with Crippen LogP contribution < -0.4 is 4.90 Å². The largest absolute Gasteiger partial charge is 0.508 e. The highest BCUT2D eigenvalue weighted by Gasteiger charge is 2.48. The predicted molar refractivity (Wildman–Crippen MR) is 267 cm³/mol. The number of allylic oxidation sites excluding steroid dienone is 8. The van der Waals surface area contributed by atoms with Crippen molar-refractivity contribution >= 4 is 48.8 Å². The zero-order chi connectivity index (χ0) is 42.7. The van der Waals surface area contributed by atoms with Gasteiger partial charge in [-0.25, -0.2) is 0 Å². The fourth-order valence-corrected chi connectivity index (χ4v) is 10.4. The molecule has 0 saturated heterocycles. The van der Waals surface area contributed by atoms with Crippen LogP contribution in [0.5, 0.6) is 0 Å². The van der Waals surface area contributed by atoms with Gasteiger partial charge in [-0.1, -0.05) is 169 Å². The van der Waals surface area contributed by atoms with E-state index in [4.69, 9.17) is 6.42 Å². The van der Waals surface area contributed by atoms with Crippen LogP contribution in [-0.2, 0) is 5.41 Å². The molecule has 0 fully saturated rings. The fourth-order valence-electron chi connectivity index (χ4n) is 10.4. The smallest absolute Gasteiger partial charge is 0.114 e. The predicted octanol–water partition coefficient (Wildman–Crippen LogP) is 15.8. The molecule has 298 valence electrons. The van der Waals surface area contributed by atoms with E-state index in [1.165, 1.54) is 82.0 Å². The van der Waals surface area contributed by atoms with Gasteiger partial charge in [-0.15, -0.1) is 6.42 Å². The molecule has 1 spiro atoms. The summed E-state index contributed by atoms with van der Waals surface area (Å²) in [6.07, 6.45) is 20.1. The molecule has 0 amide bonds. The lowest BCUT2D eigenvalue weighted by Gasteiger charge is -2.38. The van der Waals surface area contributed by atoms with Crippen LogP contribution in [0, 0.1) is 12.3 Å². The van der Waals surface area contributed by atoms with Gasteiger partial charge in [-0.05, 0) is 149 Å². The second-order valence-electron chi connectivity index (χ2n) is 16.5. The van der Waals surface area contributed by atoms with Crippen molar-refractivity contribution in [3.05, 3.63) is 246 Å². The molecule has 0 saturated carbocycles. The Morgan fingerprint density at radius 3 is 1.52 bits per heavy atom. The molecule has 0 bridgehead atoms. The number of anilines is 1. The number of fused-ring (bicyclic) bond motifs is 11. The molecule has 1 aliphatic carbocycles. The van der Waals surface area contributed by atoms with E-state index >= 15 is 0 Å². The number of aliphatic hydroxyl groups is 1. The molecule has 1 aliphatic heterocycles. The normalized spacial score (nSPS) is 16.3. The Morgan fingerprint density at radius 1 is 0.556 bits per heavy atom. The monoisotopic (exact) mass is 805 g/mol. The highest BCUT2D eigenvalue weighted by molar-refractivity contribution is 6.14. The van der Waals surface area contributed by atoms with Gasteiger partial charge in [-0.3, -0.25) is 0 Å². The number of benzene rings is 9. The summed E-state index contributed by atoms with van der Waals surface area (Å²) < 4.78 is 0. The van der Waals surface area contributed by atoms with Crippen molar-refractivity contribution in [3.63, 3.8) is 0 Å². The highest BCUT2D eigenvalue weighted by atomic mass is 16.3. The van der Waals surface area contributed by atoms with Gasteiger partial charge in [0.15, 0.2) is 0 Å². The Morgan fingerprint density at radius 2 is 1.03 bits per heavy atom. The molecule has 2 nitrogen and oxygen atoms in total. The Kier molecular flexibility index (Phi) is 9.07. The van der Waals surface area contributed by atoms with E-state index in [0.29, 0.717) is 5.70 Å². The first-order valence-electron chi connectivity index (χ1n) is 21.6. The lowest BCUT2D eigenvalue weighted by molar-refractivity contribution is 0.431. The molecule has 11 rings (SSSR count). The van der Waals surface area contributed by atoms with E-state index in [0.717, 1.165) is 22.4 Å². The first-order chi connectivity index (χ1) is 31.0. The van der Waals surface area contributed by atoms with Gasteiger partial charge in [0.05, 0.1) is 16.8 Å². The fraction of sp³-hybridized carbons (Fsp3) is 0.0492. The lowest BCUT2D eigenvalue weighted by Crippen LogP contribution is -2.31. The Bertz CT molecular complexity index is 3290. The molecule has 1 N–H and O–H groups in total. The summed E-state index contributed by atoms with van der Waals surface area (Å²) in [5.74, 6) is 3.02. The van der Waals surface area contributed by atoms with Gasteiger partial charge in [-0.2, -0.15) is 0 Å². The van der Waals surface area contributed by atoms with Crippen molar-refractivity contribution < 1.29 is 5.11 Å². The number of terminal acetylenes is 1. The zero-order valence-corrected chi connectivity index (χ0v) is 35.2. The molecule has 1 heterocycles. The maximum absolute atomic E-state index is 10.9. The maximum atomic E-state index is 10.9. The number of rotatable bonds is 4. The van der Waals surface area contributed by atoms with Crippen molar-refractivity contribution in [1.82, 2.24) is 0 Å². The number of aliphatic hydroxyl groups excluding tert-OH is 1. The molecule has 9 aromatic carbocycles. The van der Waals surface area contributed by atoms with Gasteiger partial charge in [0, 0.05) is 12.3 Å². The van der Waals surface area contributed by atoms with Crippen molar-refractivity contribution in [2.24, 2.45) is 0 Å². The average Bonchev–Trinajstić information content (AvgIpc) is 3.62. The standard InChI is InChI=1S/C61H43NO/c1-4-47(39-48(63)5-2)62-34-18-6-7-19-40(3)61(55-28-16-17-29-58(55)62)56-37-45(59-49-24-12-8-20-41(49)35-42-21-9-13-25-50(42)59)30-32-53(56)54-33-31-46(38-57(54)61)60-51-26-14-10-22-43(51)36-44-23-11-15-27-52(44)60/h1,5-39,63H,2-3H3/b7-6-,34-18+,40-19+,47-39+,48-5+. The summed E-state index contributed by atoms with van der Waals surface area (Å²) in [5, 5.41) is 20.6. The third-order valence-electron chi connectivity index (χ3n) is 13.2. The first-order valence-corrected chi connectivity index (χ1v) is 21.6. The van der Waals surface area contributed by atoms with Crippen LogP contribution in [-0.4, -0.2) is 5.11 Å². The van der Waals surface area contributed by atoms with E-state index in [1.807, 2.05) is 17.2 Å². The molecular weight excluding hydrogens is 763 g/mol. The van der Waals surface area contributed by atoms with E-state index in [2.05, 4.69) is 201 Å². The van der Waals surface area contributed by atoms with Gasteiger partial charge < -0.3 is 10.0 Å². The quantitative estimate of drug-likeness (QED) is 0.0829. The number of hydrogen-bond donors (Lipinski definition) is 1. The third-order valence-corrected chi connectivity index (χ3v) is 13.2. The molecule has 0 unspecified atom stereocenters. The summed E-state index contributed by atoms with van der Waals surface area (Å²) >= 11 is 0. The topological polar surface area (TPSA) is 23.5 Å². The SMILES string of the molecule is C#C/C(=C\C(O)=C/C)N1/C=C/C=C\C=C(/C)C2(c3cc(-c4c5ccccc5cc5ccccc45)ccc3-c3ccc(-c4c5ccccc5cc5ccccc45)cc32)c2ccccc21. The van der Waals surface area contributed by atoms with Crippen LogP contribution in [0.4, 0.5) is 5.69 Å². The van der Waals surface area contributed by atoms with Gasteiger partial charge in [0.2, 0.25) is 0 Å².